The van der Waals surface area contributed by atoms with Crippen LogP contribution in [-0.2, 0) is 6.42 Å². The Hall–Kier alpha value is -2.04. The minimum atomic E-state index is 0.0919. The van der Waals surface area contributed by atoms with Gasteiger partial charge >= 0.3 is 0 Å². The fourth-order valence-electron chi connectivity index (χ4n) is 2.45. The minimum absolute atomic E-state index is 0.0919. The first-order chi connectivity index (χ1) is 9.31. The summed E-state index contributed by atoms with van der Waals surface area (Å²) in [6.45, 7) is 5.94. The first-order valence-electron chi connectivity index (χ1n) is 6.74. The Bertz CT molecular complexity index is 537. The molecule has 0 amide bonds. The van der Waals surface area contributed by atoms with E-state index >= 15 is 0 Å². The second kappa shape index (κ2) is 4.91. The Morgan fingerprint density at radius 2 is 2.11 bits per heavy atom. The molecular formula is C14H18N4O. The van der Waals surface area contributed by atoms with E-state index in [1.807, 2.05) is 6.07 Å². The molecule has 1 N–H and O–H groups in total. The highest BCUT2D eigenvalue weighted by Gasteiger charge is 2.27. The average molecular weight is 258 g/mol. The van der Waals surface area contributed by atoms with Crippen LogP contribution in [0, 0.1) is 0 Å². The van der Waals surface area contributed by atoms with Gasteiger partial charge in [-0.25, -0.2) is 0 Å². The van der Waals surface area contributed by atoms with Gasteiger partial charge in [0.25, 0.3) is 11.8 Å². The number of fused-ring (bicyclic) bond motifs is 1. The molecule has 1 atom stereocenters. The molecule has 1 aromatic heterocycles. The van der Waals surface area contributed by atoms with Crippen molar-refractivity contribution in [3.05, 3.63) is 35.7 Å². The molecule has 0 spiro atoms. The second-order valence-electron chi connectivity index (χ2n) is 4.66. The van der Waals surface area contributed by atoms with Gasteiger partial charge in [0.2, 0.25) is 0 Å². The molecule has 1 aliphatic rings. The lowest BCUT2D eigenvalue weighted by Gasteiger charge is -2.14. The summed E-state index contributed by atoms with van der Waals surface area (Å²) in [6, 6.07) is 8.39. The number of para-hydroxylation sites is 1. The van der Waals surface area contributed by atoms with E-state index in [0.29, 0.717) is 11.8 Å². The summed E-state index contributed by atoms with van der Waals surface area (Å²) in [5, 5.41) is 7.49. The molecule has 1 aromatic carbocycles. The molecule has 0 bridgehead atoms. The Kier molecular flexibility index (Phi) is 3.11. The average Bonchev–Trinajstić information content (AvgIpc) is 3.06. The van der Waals surface area contributed by atoms with Gasteiger partial charge in [0.05, 0.1) is 0 Å². The second-order valence-corrected chi connectivity index (χ2v) is 4.66. The van der Waals surface area contributed by atoms with Crippen molar-refractivity contribution < 1.29 is 4.52 Å². The molecule has 2 heterocycles. The van der Waals surface area contributed by atoms with Crippen LogP contribution in [0.4, 0.5) is 11.6 Å². The van der Waals surface area contributed by atoms with Crippen LogP contribution in [0.1, 0.15) is 31.3 Å². The lowest BCUT2D eigenvalue weighted by molar-refractivity contribution is 0.363. The van der Waals surface area contributed by atoms with Gasteiger partial charge in [0.15, 0.2) is 0 Å². The normalized spacial score (nSPS) is 17.1. The number of hydrogen-bond acceptors (Lipinski definition) is 5. The van der Waals surface area contributed by atoms with E-state index in [4.69, 9.17) is 4.52 Å². The summed E-state index contributed by atoms with van der Waals surface area (Å²) in [6.07, 6.45) is 0.899. The van der Waals surface area contributed by atoms with Gasteiger partial charge in [-0.2, -0.15) is 4.98 Å². The molecule has 2 aromatic rings. The van der Waals surface area contributed by atoms with Crippen LogP contribution in [0.25, 0.3) is 0 Å². The molecule has 5 heteroatoms. The van der Waals surface area contributed by atoms with E-state index in [9.17, 15) is 0 Å². The number of nitrogens with one attached hydrogen (secondary N) is 1. The van der Waals surface area contributed by atoms with Crippen molar-refractivity contribution in [2.75, 3.05) is 23.3 Å². The number of rotatable bonds is 4. The zero-order valence-electron chi connectivity index (χ0n) is 11.3. The van der Waals surface area contributed by atoms with Gasteiger partial charge < -0.3 is 14.7 Å². The maximum Gasteiger partial charge on any atom is 0.266 e. The fraction of sp³-hybridized carbons (Fsp3) is 0.429. The quantitative estimate of drug-likeness (QED) is 0.913. The molecule has 0 aliphatic carbocycles. The van der Waals surface area contributed by atoms with Crippen molar-refractivity contribution in [2.45, 2.75) is 26.3 Å². The van der Waals surface area contributed by atoms with Gasteiger partial charge in [0, 0.05) is 25.2 Å². The van der Waals surface area contributed by atoms with E-state index < -0.39 is 0 Å². The molecule has 0 saturated carbocycles. The highest BCUT2D eigenvalue weighted by molar-refractivity contribution is 5.57. The molecule has 0 unspecified atom stereocenters. The van der Waals surface area contributed by atoms with Gasteiger partial charge in [-0.1, -0.05) is 18.2 Å². The number of nitrogens with zero attached hydrogens (tertiary/aromatic N) is 3. The molecule has 19 heavy (non-hydrogen) atoms. The van der Waals surface area contributed by atoms with Crippen LogP contribution >= 0.6 is 0 Å². The first kappa shape index (κ1) is 12.0. The Morgan fingerprint density at radius 3 is 2.84 bits per heavy atom. The SMILES string of the molecule is CCN(CC)c1noc([C@@H]2Cc3ccccc3N2)n1. The van der Waals surface area contributed by atoms with Gasteiger partial charge in [-0.15, -0.1) is 0 Å². The van der Waals surface area contributed by atoms with Gasteiger partial charge in [0.1, 0.15) is 6.04 Å². The minimum Gasteiger partial charge on any atom is -0.373 e. The van der Waals surface area contributed by atoms with E-state index in [1.54, 1.807) is 0 Å². The summed E-state index contributed by atoms with van der Waals surface area (Å²) in [4.78, 5) is 6.58. The largest absolute Gasteiger partial charge is 0.373 e. The zero-order valence-corrected chi connectivity index (χ0v) is 11.3. The third-order valence-electron chi connectivity index (χ3n) is 3.55. The van der Waals surface area contributed by atoms with Crippen LogP contribution in [0.3, 0.4) is 0 Å². The maximum absolute atomic E-state index is 5.40. The summed E-state index contributed by atoms with van der Waals surface area (Å²) in [5.41, 5.74) is 2.46. The lowest BCUT2D eigenvalue weighted by Crippen LogP contribution is -2.23. The monoisotopic (exact) mass is 258 g/mol. The highest BCUT2D eigenvalue weighted by Crippen LogP contribution is 2.33. The summed E-state index contributed by atoms with van der Waals surface area (Å²) in [7, 11) is 0. The van der Waals surface area contributed by atoms with Crippen molar-refractivity contribution in [3.63, 3.8) is 0 Å². The first-order valence-corrected chi connectivity index (χ1v) is 6.74. The molecule has 1 aliphatic heterocycles. The molecule has 0 fully saturated rings. The third kappa shape index (κ3) is 2.16. The van der Waals surface area contributed by atoms with Crippen LogP contribution in [-0.4, -0.2) is 23.2 Å². The number of aromatic nitrogens is 2. The molecule has 0 radical (unpaired) electrons. The number of benzene rings is 1. The summed E-state index contributed by atoms with van der Waals surface area (Å²) < 4.78 is 5.40. The van der Waals surface area contributed by atoms with Gasteiger partial charge in [-0.05, 0) is 30.6 Å². The van der Waals surface area contributed by atoms with Crippen LogP contribution < -0.4 is 10.2 Å². The molecule has 100 valence electrons. The molecule has 0 saturated heterocycles. The smallest absolute Gasteiger partial charge is 0.266 e. The van der Waals surface area contributed by atoms with Crippen molar-refractivity contribution in [1.82, 2.24) is 10.1 Å². The molecule has 3 rings (SSSR count). The Balaban J connectivity index is 1.79. The topological polar surface area (TPSA) is 54.2 Å². The zero-order chi connectivity index (χ0) is 13.2. The maximum atomic E-state index is 5.40. The van der Waals surface area contributed by atoms with E-state index in [0.717, 1.165) is 25.2 Å². The van der Waals surface area contributed by atoms with Crippen molar-refractivity contribution in [1.29, 1.82) is 0 Å². The van der Waals surface area contributed by atoms with Gasteiger partial charge in [-0.3, -0.25) is 0 Å². The van der Waals surface area contributed by atoms with Crippen molar-refractivity contribution in [2.24, 2.45) is 0 Å². The number of hydrogen-bond donors (Lipinski definition) is 1. The predicted molar refractivity (Wildman–Crippen MR) is 74.4 cm³/mol. The van der Waals surface area contributed by atoms with Crippen LogP contribution in [0.15, 0.2) is 28.8 Å². The predicted octanol–water partition coefficient (Wildman–Crippen LogP) is 2.63. The van der Waals surface area contributed by atoms with Crippen LogP contribution in [0.5, 0.6) is 0 Å². The van der Waals surface area contributed by atoms with Crippen molar-refractivity contribution >= 4 is 11.6 Å². The molecule has 5 nitrogen and oxygen atoms in total. The Morgan fingerprint density at radius 1 is 1.32 bits per heavy atom. The fourth-order valence-corrected chi connectivity index (χ4v) is 2.45. The Labute approximate surface area is 112 Å². The molecular weight excluding hydrogens is 240 g/mol. The highest BCUT2D eigenvalue weighted by atomic mass is 16.5. The lowest BCUT2D eigenvalue weighted by atomic mass is 10.1. The van der Waals surface area contributed by atoms with E-state index in [2.05, 4.69) is 52.4 Å². The van der Waals surface area contributed by atoms with Crippen molar-refractivity contribution in [3.8, 4) is 0 Å². The summed E-state index contributed by atoms with van der Waals surface area (Å²) in [5.74, 6) is 1.34. The van der Waals surface area contributed by atoms with E-state index in [1.165, 1.54) is 5.56 Å². The summed E-state index contributed by atoms with van der Waals surface area (Å²) >= 11 is 0. The standard InChI is InChI=1S/C14H18N4O/c1-3-18(4-2)14-16-13(19-17-14)12-9-10-7-5-6-8-11(10)15-12/h5-8,12,15H,3-4,9H2,1-2H3/t12-/m0/s1. The van der Waals surface area contributed by atoms with Crippen LogP contribution in [0.2, 0.25) is 0 Å². The van der Waals surface area contributed by atoms with E-state index in [-0.39, 0.29) is 6.04 Å². The third-order valence-corrected chi connectivity index (χ3v) is 3.55. The number of anilines is 2.